The van der Waals surface area contributed by atoms with Crippen LogP contribution in [0.15, 0.2) is 18.2 Å². The highest BCUT2D eigenvalue weighted by Crippen LogP contribution is 2.33. The predicted molar refractivity (Wildman–Crippen MR) is 87.5 cm³/mol. The van der Waals surface area contributed by atoms with Crippen molar-refractivity contribution in [1.82, 2.24) is 5.43 Å². The van der Waals surface area contributed by atoms with E-state index in [1.165, 1.54) is 0 Å². The molecule has 0 saturated heterocycles. The van der Waals surface area contributed by atoms with E-state index in [1.807, 2.05) is 26.0 Å². The van der Waals surface area contributed by atoms with Crippen molar-refractivity contribution < 1.29 is 9.47 Å². The van der Waals surface area contributed by atoms with Crippen molar-refractivity contribution in [1.29, 1.82) is 0 Å². The van der Waals surface area contributed by atoms with Gasteiger partial charge in [-0.1, -0.05) is 26.8 Å². The maximum atomic E-state index is 5.73. The van der Waals surface area contributed by atoms with E-state index < -0.39 is 0 Å². The number of benzene rings is 1. The summed E-state index contributed by atoms with van der Waals surface area (Å²) in [5.41, 5.74) is 4.34. The van der Waals surface area contributed by atoms with Crippen molar-refractivity contribution in [3.63, 3.8) is 0 Å². The van der Waals surface area contributed by atoms with Crippen molar-refractivity contribution in [3.8, 4) is 11.5 Å². The predicted octanol–water partition coefficient (Wildman–Crippen LogP) is 3.81. The molecule has 1 atom stereocenters. The lowest BCUT2D eigenvalue weighted by atomic mass is 9.87. The zero-order chi connectivity index (χ0) is 15.9. The number of hydrogen-bond acceptors (Lipinski definition) is 4. The van der Waals surface area contributed by atoms with Crippen LogP contribution < -0.4 is 20.7 Å². The van der Waals surface area contributed by atoms with Crippen LogP contribution in [0.3, 0.4) is 0 Å². The maximum absolute atomic E-state index is 5.73. The molecule has 0 heterocycles. The fraction of sp³-hybridized carbons (Fsp3) is 0.647. The second kappa shape index (κ2) is 8.25. The quantitative estimate of drug-likeness (QED) is 0.565. The Morgan fingerprint density at radius 2 is 1.71 bits per heavy atom. The van der Waals surface area contributed by atoms with Crippen LogP contribution in [-0.2, 0) is 0 Å². The Kier molecular flexibility index (Phi) is 6.99. The van der Waals surface area contributed by atoms with Gasteiger partial charge in [-0.2, -0.15) is 0 Å². The fourth-order valence-electron chi connectivity index (χ4n) is 2.21. The molecule has 0 aromatic heterocycles. The van der Waals surface area contributed by atoms with Crippen LogP contribution in [0.1, 0.15) is 59.1 Å². The third kappa shape index (κ3) is 5.94. The van der Waals surface area contributed by atoms with Crippen LogP contribution in [-0.4, -0.2) is 13.2 Å². The van der Waals surface area contributed by atoms with E-state index in [1.54, 1.807) is 0 Å². The van der Waals surface area contributed by atoms with Gasteiger partial charge in [-0.25, -0.2) is 0 Å². The van der Waals surface area contributed by atoms with Gasteiger partial charge in [-0.05, 0) is 49.8 Å². The summed E-state index contributed by atoms with van der Waals surface area (Å²) >= 11 is 0. The Labute approximate surface area is 129 Å². The second-order valence-electron chi connectivity index (χ2n) is 6.39. The highest BCUT2D eigenvalue weighted by Gasteiger charge is 2.17. The summed E-state index contributed by atoms with van der Waals surface area (Å²) in [7, 11) is 0. The smallest absolute Gasteiger partial charge is 0.161 e. The summed E-state index contributed by atoms with van der Waals surface area (Å²) in [6.07, 6.45) is 2.08. The summed E-state index contributed by atoms with van der Waals surface area (Å²) in [5.74, 6) is 7.30. The van der Waals surface area contributed by atoms with Crippen LogP contribution in [0.4, 0.5) is 0 Å². The van der Waals surface area contributed by atoms with Crippen LogP contribution in [0.25, 0.3) is 0 Å². The molecule has 0 radical (unpaired) electrons. The largest absolute Gasteiger partial charge is 0.490 e. The third-order valence-corrected chi connectivity index (χ3v) is 3.35. The van der Waals surface area contributed by atoms with Gasteiger partial charge >= 0.3 is 0 Å². The number of nitrogens with one attached hydrogen (secondary N) is 1. The molecule has 0 saturated carbocycles. The Bertz CT molecular complexity index is 427. The molecule has 1 aromatic carbocycles. The standard InChI is InChI=1S/C17H30N2O2/c1-6-20-15-9-8-13(12-16(15)21-7-2)14(19-18)10-11-17(3,4)5/h8-9,12,14,19H,6-7,10-11,18H2,1-5H3. The second-order valence-corrected chi connectivity index (χ2v) is 6.39. The summed E-state index contributed by atoms with van der Waals surface area (Å²) in [4.78, 5) is 0. The number of hydrogen-bond donors (Lipinski definition) is 2. The van der Waals surface area contributed by atoms with Crippen LogP contribution >= 0.6 is 0 Å². The van der Waals surface area contributed by atoms with Crippen molar-refractivity contribution in [3.05, 3.63) is 23.8 Å². The molecule has 4 heteroatoms. The number of rotatable bonds is 8. The Morgan fingerprint density at radius 1 is 1.10 bits per heavy atom. The SMILES string of the molecule is CCOc1ccc(C(CCC(C)(C)C)NN)cc1OCC. The molecule has 3 N–H and O–H groups in total. The summed E-state index contributed by atoms with van der Waals surface area (Å²) < 4.78 is 11.3. The minimum absolute atomic E-state index is 0.124. The first kappa shape index (κ1) is 17.8. The van der Waals surface area contributed by atoms with Gasteiger partial charge in [0.15, 0.2) is 11.5 Å². The van der Waals surface area contributed by atoms with Gasteiger partial charge in [0, 0.05) is 6.04 Å². The van der Waals surface area contributed by atoms with E-state index in [4.69, 9.17) is 15.3 Å². The summed E-state index contributed by atoms with van der Waals surface area (Å²) in [6, 6.07) is 6.17. The molecule has 0 aliphatic rings. The minimum Gasteiger partial charge on any atom is -0.490 e. The Hall–Kier alpha value is -1.26. The van der Waals surface area contributed by atoms with Gasteiger partial charge in [-0.15, -0.1) is 0 Å². The van der Waals surface area contributed by atoms with Gasteiger partial charge < -0.3 is 9.47 Å². The lowest BCUT2D eigenvalue weighted by molar-refractivity contribution is 0.286. The lowest BCUT2D eigenvalue weighted by Crippen LogP contribution is -2.29. The highest BCUT2D eigenvalue weighted by atomic mass is 16.5. The number of ether oxygens (including phenoxy) is 2. The van der Waals surface area contributed by atoms with Crippen molar-refractivity contribution in [2.24, 2.45) is 11.3 Å². The van der Waals surface area contributed by atoms with E-state index >= 15 is 0 Å². The summed E-state index contributed by atoms with van der Waals surface area (Å²) in [6.45, 7) is 11.9. The van der Waals surface area contributed by atoms with E-state index in [2.05, 4.69) is 32.3 Å². The molecule has 4 nitrogen and oxygen atoms in total. The first-order valence-electron chi connectivity index (χ1n) is 7.77. The average molecular weight is 294 g/mol. The number of hydrazine groups is 1. The lowest BCUT2D eigenvalue weighted by Gasteiger charge is -2.23. The molecule has 21 heavy (non-hydrogen) atoms. The van der Waals surface area contributed by atoms with Crippen molar-refractivity contribution >= 4 is 0 Å². The molecule has 1 unspecified atom stereocenters. The highest BCUT2D eigenvalue weighted by molar-refractivity contribution is 5.44. The first-order valence-corrected chi connectivity index (χ1v) is 7.77. The molecule has 0 aliphatic heterocycles. The third-order valence-electron chi connectivity index (χ3n) is 3.35. The molecule has 1 rings (SSSR count). The average Bonchev–Trinajstić information content (AvgIpc) is 2.41. The van der Waals surface area contributed by atoms with E-state index in [9.17, 15) is 0 Å². The molecule has 0 amide bonds. The minimum atomic E-state index is 0.124. The van der Waals surface area contributed by atoms with Crippen molar-refractivity contribution in [2.45, 2.75) is 53.5 Å². The molecular formula is C17H30N2O2. The zero-order valence-corrected chi connectivity index (χ0v) is 14.0. The van der Waals surface area contributed by atoms with Crippen LogP contribution in [0.2, 0.25) is 0 Å². The first-order chi connectivity index (χ1) is 9.91. The van der Waals surface area contributed by atoms with E-state index in [0.717, 1.165) is 29.9 Å². The topological polar surface area (TPSA) is 56.5 Å². The molecular weight excluding hydrogens is 264 g/mol. The molecule has 0 fully saturated rings. The summed E-state index contributed by atoms with van der Waals surface area (Å²) in [5, 5.41) is 0. The van der Waals surface area contributed by atoms with Crippen LogP contribution in [0, 0.1) is 5.41 Å². The van der Waals surface area contributed by atoms with E-state index in [0.29, 0.717) is 18.6 Å². The zero-order valence-electron chi connectivity index (χ0n) is 14.0. The van der Waals surface area contributed by atoms with Gasteiger partial charge in [0.2, 0.25) is 0 Å². The van der Waals surface area contributed by atoms with Crippen molar-refractivity contribution in [2.75, 3.05) is 13.2 Å². The normalized spacial score (nSPS) is 13.0. The number of nitrogens with two attached hydrogens (primary N) is 1. The Balaban J connectivity index is 2.91. The molecule has 120 valence electrons. The fourth-order valence-corrected chi connectivity index (χ4v) is 2.21. The van der Waals surface area contributed by atoms with Gasteiger partial charge in [0.05, 0.1) is 13.2 Å². The molecule has 0 bridgehead atoms. The van der Waals surface area contributed by atoms with Gasteiger partial charge in [-0.3, -0.25) is 11.3 Å². The molecule has 1 aromatic rings. The molecule has 0 aliphatic carbocycles. The Morgan fingerprint density at radius 3 is 2.24 bits per heavy atom. The van der Waals surface area contributed by atoms with Gasteiger partial charge in [0.1, 0.15) is 0 Å². The monoisotopic (exact) mass is 294 g/mol. The van der Waals surface area contributed by atoms with E-state index in [-0.39, 0.29) is 6.04 Å². The molecule has 0 spiro atoms. The van der Waals surface area contributed by atoms with Crippen LogP contribution in [0.5, 0.6) is 11.5 Å². The maximum Gasteiger partial charge on any atom is 0.161 e. The van der Waals surface area contributed by atoms with Gasteiger partial charge in [0.25, 0.3) is 0 Å².